The molecule has 0 bridgehead atoms. The van der Waals surface area contributed by atoms with Gasteiger partial charge in [-0.15, -0.1) is 12.4 Å². The smallest absolute Gasteiger partial charge is 0.0723 e. The molecular weight excluding hydrogens is 184 g/mol. The molecule has 0 radical (unpaired) electrons. The van der Waals surface area contributed by atoms with Crippen molar-refractivity contribution in [2.75, 3.05) is 11.9 Å². The van der Waals surface area contributed by atoms with Crippen LogP contribution in [0.5, 0.6) is 0 Å². The van der Waals surface area contributed by atoms with Crippen LogP contribution < -0.4 is 15.9 Å². The zero-order valence-electron chi connectivity index (χ0n) is 6.95. The van der Waals surface area contributed by atoms with Crippen molar-refractivity contribution in [2.24, 2.45) is 4.99 Å². The van der Waals surface area contributed by atoms with Crippen LogP contribution in [0.1, 0.15) is 5.56 Å². The van der Waals surface area contributed by atoms with E-state index < -0.39 is 0 Å². The van der Waals surface area contributed by atoms with Crippen molar-refractivity contribution in [3.05, 3.63) is 34.5 Å². The summed E-state index contributed by atoms with van der Waals surface area (Å²) >= 11 is 0. The highest BCUT2D eigenvalue weighted by molar-refractivity contribution is 5.85. The molecule has 0 aromatic heterocycles. The number of hydrogen-bond acceptors (Lipinski definition) is 2. The summed E-state index contributed by atoms with van der Waals surface area (Å²) in [5, 5.41) is 5.72. The van der Waals surface area contributed by atoms with E-state index in [4.69, 9.17) is 0 Å². The minimum Gasteiger partial charge on any atom is -0.381 e. The molecule has 0 amide bonds. The molecule has 2 nitrogen and oxygen atoms in total. The van der Waals surface area contributed by atoms with Crippen LogP contribution in [0.15, 0.2) is 23.3 Å². The van der Waals surface area contributed by atoms with Crippen molar-refractivity contribution >= 4 is 30.2 Å². The molecule has 0 unspecified atom stereocenters. The highest BCUT2D eigenvalue weighted by atomic mass is 35.5. The normalized spacial score (nSPS) is 14.8. The van der Waals surface area contributed by atoms with Gasteiger partial charge < -0.3 is 5.32 Å². The summed E-state index contributed by atoms with van der Waals surface area (Å²) in [5.74, 6) is 0. The van der Waals surface area contributed by atoms with Gasteiger partial charge in [0.25, 0.3) is 0 Å². The maximum absolute atomic E-state index is 4.24. The Morgan fingerprint density at radius 1 is 1.31 bits per heavy atom. The van der Waals surface area contributed by atoms with E-state index in [1.807, 2.05) is 6.20 Å². The van der Waals surface area contributed by atoms with E-state index in [-0.39, 0.29) is 12.4 Å². The fraction of sp³-hybridized carbons (Fsp3) is 0.100. The summed E-state index contributed by atoms with van der Waals surface area (Å²) in [5.41, 5.74) is 2.48. The van der Waals surface area contributed by atoms with Gasteiger partial charge in [0.2, 0.25) is 0 Å². The Kier molecular flexibility index (Phi) is 1.85. The second-order valence-corrected chi connectivity index (χ2v) is 2.99. The van der Waals surface area contributed by atoms with Crippen LogP contribution >= 0.6 is 12.4 Å². The van der Waals surface area contributed by atoms with Crippen molar-refractivity contribution in [3.8, 4) is 0 Å². The van der Waals surface area contributed by atoms with E-state index in [1.54, 1.807) is 0 Å². The van der Waals surface area contributed by atoms with Gasteiger partial charge in [-0.1, -0.05) is 12.1 Å². The number of halogens is 1. The van der Waals surface area contributed by atoms with Gasteiger partial charge in [-0.25, -0.2) is 0 Å². The van der Waals surface area contributed by atoms with Crippen molar-refractivity contribution in [1.29, 1.82) is 0 Å². The standard InChI is InChI=1S/C10H8N2.ClH/c1-2-9-8(4-6-11-9)10-7(1)3-5-12-10;/h1-4,6,12H,5H2;1H. The highest BCUT2D eigenvalue weighted by Gasteiger charge is 2.09. The number of benzene rings is 1. The van der Waals surface area contributed by atoms with Gasteiger partial charge in [-0.05, 0) is 17.4 Å². The van der Waals surface area contributed by atoms with Crippen LogP contribution in [0.4, 0.5) is 5.69 Å². The van der Waals surface area contributed by atoms with Gasteiger partial charge in [0.1, 0.15) is 0 Å². The summed E-state index contributed by atoms with van der Waals surface area (Å²) in [6, 6.07) is 4.18. The summed E-state index contributed by atoms with van der Waals surface area (Å²) in [4.78, 5) is 4.24. The molecule has 0 saturated carbocycles. The minimum atomic E-state index is 0. The number of fused-ring (bicyclic) bond motifs is 3. The molecule has 0 spiro atoms. The zero-order valence-corrected chi connectivity index (χ0v) is 7.77. The molecule has 2 heterocycles. The molecule has 66 valence electrons. The molecule has 0 saturated heterocycles. The fourth-order valence-electron chi connectivity index (χ4n) is 1.73. The minimum absolute atomic E-state index is 0. The number of rotatable bonds is 0. The maximum atomic E-state index is 4.24. The lowest BCUT2D eigenvalue weighted by molar-refractivity contribution is 1.36. The van der Waals surface area contributed by atoms with Crippen LogP contribution in [0, 0.1) is 0 Å². The first-order valence-electron chi connectivity index (χ1n) is 4.06. The highest BCUT2D eigenvalue weighted by Crippen LogP contribution is 2.13. The largest absolute Gasteiger partial charge is 0.381 e. The van der Waals surface area contributed by atoms with Gasteiger partial charge in [0, 0.05) is 18.3 Å². The first-order chi connectivity index (χ1) is 5.95. The third-order valence-electron chi connectivity index (χ3n) is 2.31. The second-order valence-electron chi connectivity index (χ2n) is 2.99. The molecule has 2 aliphatic heterocycles. The number of anilines is 1. The predicted octanol–water partition coefficient (Wildman–Crippen LogP) is 0.918. The molecule has 2 aliphatic rings. The molecule has 1 N–H and O–H groups in total. The molecule has 1 aromatic carbocycles. The molecular formula is C10H9ClN2. The fourth-order valence-corrected chi connectivity index (χ4v) is 1.73. The Balaban J connectivity index is 0.000000653. The third kappa shape index (κ3) is 1.06. The van der Waals surface area contributed by atoms with E-state index in [1.165, 1.54) is 16.5 Å². The van der Waals surface area contributed by atoms with Gasteiger partial charge >= 0.3 is 0 Å². The second kappa shape index (κ2) is 2.89. The average molecular weight is 193 g/mol. The topological polar surface area (TPSA) is 24.4 Å². The summed E-state index contributed by atoms with van der Waals surface area (Å²) < 4.78 is 0. The Labute approximate surface area is 82.1 Å². The Morgan fingerprint density at radius 2 is 2.23 bits per heavy atom. The molecule has 1 aromatic rings. The lowest BCUT2D eigenvalue weighted by atomic mass is 10.1. The predicted molar refractivity (Wildman–Crippen MR) is 56.5 cm³/mol. The SMILES string of the molecule is C1=Cc2c3c(ccc2=N1)=CCN3.Cl. The monoisotopic (exact) mass is 192 g/mol. The molecule has 3 rings (SSSR count). The maximum Gasteiger partial charge on any atom is 0.0723 e. The lowest BCUT2D eigenvalue weighted by Gasteiger charge is -2.00. The summed E-state index contributed by atoms with van der Waals surface area (Å²) in [7, 11) is 0. The number of nitrogens with one attached hydrogen (secondary N) is 1. The first-order valence-corrected chi connectivity index (χ1v) is 4.06. The lowest BCUT2D eigenvalue weighted by Crippen LogP contribution is -2.12. The van der Waals surface area contributed by atoms with Crippen LogP contribution in [0.25, 0.3) is 12.2 Å². The van der Waals surface area contributed by atoms with Gasteiger partial charge in [-0.3, -0.25) is 4.99 Å². The van der Waals surface area contributed by atoms with Gasteiger partial charge in [-0.2, -0.15) is 0 Å². The Hall–Kier alpha value is -1.28. The number of nitrogens with zero attached hydrogens (tertiary/aromatic N) is 1. The average Bonchev–Trinajstić information content (AvgIpc) is 2.71. The molecule has 13 heavy (non-hydrogen) atoms. The van der Waals surface area contributed by atoms with E-state index in [2.05, 4.69) is 34.6 Å². The molecule has 0 fully saturated rings. The van der Waals surface area contributed by atoms with Gasteiger partial charge in [0.05, 0.1) is 11.0 Å². The Morgan fingerprint density at radius 3 is 3.15 bits per heavy atom. The van der Waals surface area contributed by atoms with Crippen molar-refractivity contribution in [1.82, 2.24) is 0 Å². The van der Waals surface area contributed by atoms with E-state index in [0.29, 0.717) is 0 Å². The van der Waals surface area contributed by atoms with Crippen molar-refractivity contribution < 1.29 is 0 Å². The van der Waals surface area contributed by atoms with E-state index in [9.17, 15) is 0 Å². The van der Waals surface area contributed by atoms with Crippen LogP contribution in [0.3, 0.4) is 0 Å². The first kappa shape index (κ1) is 8.32. The molecule has 0 aliphatic carbocycles. The molecule has 0 atom stereocenters. The van der Waals surface area contributed by atoms with Crippen LogP contribution in [-0.2, 0) is 0 Å². The van der Waals surface area contributed by atoms with Crippen molar-refractivity contribution in [2.45, 2.75) is 0 Å². The number of hydrogen-bond donors (Lipinski definition) is 1. The zero-order chi connectivity index (χ0) is 7.97. The van der Waals surface area contributed by atoms with Crippen molar-refractivity contribution in [3.63, 3.8) is 0 Å². The van der Waals surface area contributed by atoms with Crippen LogP contribution in [0.2, 0.25) is 0 Å². The van der Waals surface area contributed by atoms with Crippen LogP contribution in [-0.4, -0.2) is 6.54 Å². The third-order valence-corrected chi connectivity index (χ3v) is 2.31. The Bertz CT molecular complexity index is 488. The quantitative estimate of drug-likeness (QED) is 0.650. The summed E-state index contributed by atoms with van der Waals surface area (Å²) in [6.07, 6.45) is 6.10. The summed E-state index contributed by atoms with van der Waals surface area (Å²) in [6.45, 7) is 0.944. The van der Waals surface area contributed by atoms with Gasteiger partial charge in [0.15, 0.2) is 0 Å². The van der Waals surface area contributed by atoms with E-state index in [0.717, 1.165) is 11.9 Å². The molecule has 3 heteroatoms. The van der Waals surface area contributed by atoms with E-state index >= 15 is 0 Å².